The average molecular weight is 742 g/mol. The molecule has 2 aromatic heterocycles. The Bertz CT molecular complexity index is 2020. The summed E-state index contributed by atoms with van der Waals surface area (Å²) in [6, 6.07) is 10.4. The molecule has 1 saturated carbocycles. The first-order valence-corrected chi connectivity index (χ1v) is 18.4. The van der Waals surface area contributed by atoms with E-state index in [-0.39, 0.29) is 43.4 Å². The smallest absolute Gasteiger partial charge is 0.234 e. The van der Waals surface area contributed by atoms with E-state index in [0.717, 1.165) is 42.4 Å². The number of nitrogens with two attached hydrogens (primary N) is 1. The number of fused-ring (bicyclic) bond motifs is 1. The van der Waals surface area contributed by atoms with Gasteiger partial charge in [-0.25, -0.2) is 18.7 Å². The van der Waals surface area contributed by atoms with Crippen LogP contribution in [0.2, 0.25) is 0 Å². The third-order valence-electron chi connectivity index (χ3n) is 10.5. The van der Waals surface area contributed by atoms with Gasteiger partial charge in [0.05, 0.1) is 42.9 Å². The molecule has 3 amide bonds. The quantitative estimate of drug-likeness (QED) is 0.145. The number of carbonyl (C=O) groups is 3. The lowest BCUT2D eigenvalue weighted by Crippen LogP contribution is -2.64. The molecule has 4 N–H and O–H groups in total. The molecule has 3 saturated heterocycles. The largest absolute Gasteiger partial charge is 0.491 e. The van der Waals surface area contributed by atoms with Crippen LogP contribution in [0.4, 0.5) is 20.2 Å². The number of allylic oxidation sites excluding steroid dienone is 1. The molecule has 15 heteroatoms. The summed E-state index contributed by atoms with van der Waals surface area (Å²) in [5, 5.41) is 10.8. The highest BCUT2D eigenvalue weighted by atomic mass is 19.1. The number of nitrogens with zero attached hydrogens (tertiary/aromatic N) is 6. The van der Waals surface area contributed by atoms with Gasteiger partial charge in [-0.2, -0.15) is 5.10 Å². The molecule has 2 aromatic carbocycles. The molecule has 13 nitrogen and oxygen atoms in total. The predicted molar refractivity (Wildman–Crippen MR) is 200 cm³/mol. The molecular weight excluding hydrogens is 696 g/mol. The van der Waals surface area contributed by atoms with Gasteiger partial charge in [-0.05, 0) is 69.2 Å². The molecule has 8 rings (SSSR count). The van der Waals surface area contributed by atoms with Gasteiger partial charge < -0.3 is 20.7 Å². The minimum atomic E-state index is -1.38. The SMILES string of the molecule is C/C(=C/N)c1ncccn1.O=CNc1cc2cn(C3CCN(CC4(F)CN(c5ccc(C6CCC(=O)NC6=O)c(F)c5)C4)CC3)nc2cc1OCC1CC1. The van der Waals surface area contributed by atoms with Crippen molar-refractivity contribution in [2.75, 3.05) is 49.5 Å². The maximum atomic E-state index is 15.7. The molecule has 0 bridgehead atoms. The van der Waals surface area contributed by atoms with Crippen molar-refractivity contribution in [3.05, 3.63) is 78.4 Å². The number of amides is 3. The lowest BCUT2D eigenvalue weighted by molar-refractivity contribution is -0.134. The number of benzene rings is 2. The number of rotatable bonds is 11. The van der Waals surface area contributed by atoms with Crippen molar-refractivity contribution >= 4 is 46.1 Å². The second-order valence-electron chi connectivity index (χ2n) is 14.7. The number of likely N-dealkylation sites (tertiary alicyclic amines) is 1. The number of aromatic nitrogens is 4. The minimum absolute atomic E-state index is 0.178. The van der Waals surface area contributed by atoms with E-state index < -0.39 is 23.3 Å². The van der Waals surface area contributed by atoms with Crippen molar-refractivity contribution in [2.45, 2.75) is 63.1 Å². The van der Waals surface area contributed by atoms with Gasteiger partial charge in [0.2, 0.25) is 18.2 Å². The van der Waals surface area contributed by atoms with Crippen LogP contribution in [0.15, 0.2) is 61.2 Å². The van der Waals surface area contributed by atoms with Crippen molar-refractivity contribution in [1.82, 2.24) is 30.0 Å². The highest BCUT2D eigenvalue weighted by molar-refractivity contribution is 6.01. The summed E-state index contributed by atoms with van der Waals surface area (Å²) in [6.07, 6.45) is 12.0. The number of piperidine rings is 2. The summed E-state index contributed by atoms with van der Waals surface area (Å²) in [5.41, 5.74) is 7.07. The van der Waals surface area contributed by atoms with Crippen LogP contribution in [-0.2, 0) is 14.4 Å². The topological polar surface area (TPSA) is 161 Å². The summed E-state index contributed by atoms with van der Waals surface area (Å²) in [6.45, 7) is 4.67. The first-order valence-electron chi connectivity index (χ1n) is 18.4. The molecule has 1 atom stereocenters. The van der Waals surface area contributed by atoms with E-state index >= 15 is 4.39 Å². The van der Waals surface area contributed by atoms with Gasteiger partial charge in [-0.3, -0.25) is 29.3 Å². The number of ether oxygens (including phenoxy) is 1. The zero-order valence-electron chi connectivity index (χ0n) is 30.2. The number of alkyl halides is 1. The Morgan fingerprint density at radius 2 is 1.85 bits per heavy atom. The number of halogens is 2. The fourth-order valence-corrected chi connectivity index (χ4v) is 7.27. The zero-order valence-corrected chi connectivity index (χ0v) is 30.2. The lowest BCUT2D eigenvalue weighted by atomic mass is 9.89. The summed E-state index contributed by atoms with van der Waals surface area (Å²) < 4.78 is 38.6. The first kappa shape index (κ1) is 36.9. The Kier molecular flexibility index (Phi) is 10.9. The monoisotopic (exact) mass is 741 g/mol. The normalized spacial score (nSPS) is 20.5. The summed E-state index contributed by atoms with van der Waals surface area (Å²) in [5.74, 6) is -0.119. The van der Waals surface area contributed by atoms with Crippen molar-refractivity contribution in [2.24, 2.45) is 11.7 Å². The number of hydrogen-bond acceptors (Lipinski definition) is 10. The van der Waals surface area contributed by atoms with E-state index in [4.69, 9.17) is 15.6 Å². The molecule has 4 aliphatic rings. The highest BCUT2D eigenvalue weighted by Gasteiger charge is 2.45. The highest BCUT2D eigenvalue weighted by Crippen LogP contribution is 2.37. The fraction of sp³-hybridized carbons (Fsp3) is 0.436. The average Bonchev–Trinajstić information content (AvgIpc) is 3.91. The maximum absolute atomic E-state index is 15.7. The van der Waals surface area contributed by atoms with E-state index in [0.29, 0.717) is 48.4 Å². The number of hydrogen-bond donors (Lipinski definition) is 3. The summed E-state index contributed by atoms with van der Waals surface area (Å²) >= 11 is 0. The minimum Gasteiger partial charge on any atom is -0.491 e. The molecule has 5 heterocycles. The predicted octanol–water partition coefficient (Wildman–Crippen LogP) is 4.71. The Balaban J connectivity index is 0.000000392. The van der Waals surface area contributed by atoms with E-state index in [1.807, 2.05) is 34.8 Å². The van der Waals surface area contributed by atoms with Gasteiger partial charge in [0.15, 0.2) is 11.5 Å². The van der Waals surface area contributed by atoms with Gasteiger partial charge in [-0.15, -0.1) is 0 Å². The lowest BCUT2D eigenvalue weighted by Gasteiger charge is -2.48. The van der Waals surface area contributed by atoms with Crippen LogP contribution in [-0.4, -0.2) is 87.9 Å². The van der Waals surface area contributed by atoms with Crippen molar-refractivity contribution in [3.8, 4) is 5.75 Å². The Morgan fingerprint density at radius 1 is 1.09 bits per heavy atom. The van der Waals surface area contributed by atoms with Gasteiger partial charge in [0.1, 0.15) is 11.6 Å². The van der Waals surface area contributed by atoms with Crippen LogP contribution in [0.3, 0.4) is 0 Å². The third kappa shape index (κ3) is 8.51. The van der Waals surface area contributed by atoms with E-state index in [9.17, 15) is 18.8 Å². The van der Waals surface area contributed by atoms with Crippen LogP contribution in [0.25, 0.3) is 16.5 Å². The molecule has 1 aliphatic carbocycles. The van der Waals surface area contributed by atoms with Gasteiger partial charge in [-0.1, -0.05) is 6.07 Å². The number of nitrogens with one attached hydrogen (secondary N) is 2. The molecule has 4 fully saturated rings. The second-order valence-corrected chi connectivity index (χ2v) is 14.7. The number of imide groups is 1. The summed E-state index contributed by atoms with van der Waals surface area (Å²) in [4.78, 5) is 46.7. The number of anilines is 2. The van der Waals surface area contributed by atoms with Crippen LogP contribution in [0.1, 0.15) is 68.8 Å². The van der Waals surface area contributed by atoms with Crippen LogP contribution in [0, 0.1) is 11.7 Å². The molecule has 0 spiro atoms. The molecule has 54 heavy (non-hydrogen) atoms. The van der Waals surface area contributed by atoms with E-state index in [2.05, 4.69) is 25.5 Å². The molecule has 3 aliphatic heterocycles. The Hall–Kier alpha value is -5.44. The maximum Gasteiger partial charge on any atom is 0.234 e. The molecule has 4 aromatic rings. The van der Waals surface area contributed by atoms with Gasteiger partial charge >= 0.3 is 0 Å². The summed E-state index contributed by atoms with van der Waals surface area (Å²) in [7, 11) is 0. The van der Waals surface area contributed by atoms with Crippen LogP contribution < -0.4 is 26.0 Å². The molecule has 284 valence electrons. The van der Waals surface area contributed by atoms with Crippen molar-refractivity contribution in [1.29, 1.82) is 0 Å². The standard InChI is InChI=1S/C32H36F2N6O4.C7H9N3/c33-26-12-23(3-4-24(26)25-5-6-30(42)36-31(25)43)39-17-32(34,18-39)16-38-9-7-22(8-10-38)40-14-21-11-28(35-19-41)29(13-27(21)37-40)44-15-20-1-2-20;1-6(5-8)7-9-3-2-4-10-7/h3-4,11-14,19-20,22,25H,1-2,5-10,15-18H2,(H,35,41)(H,36,42,43);2-5H,8H2,1H3/b;6-5-. The van der Waals surface area contributed by atoms with E-state index in [1.165, 1.54) is 25.1 Å². The van der Waals surface area contributed by atoms with Crippen LogP contribution >= 0.6 is 0 Å². The van der Waals surface area contributed by atoms with E-state index in [1.54, 1.807) is 30.6 Å². The first-order chi connectivity index (χ1) is 26.1. The Labute approximate surface area is 311 Å². The third-order valence-corrected chi connectivity index (χ3v) is 10.5. The molecular formula is C39H45F2N9O4. The van der Waals surface area contributed by atoms with Crippen LogP contribution in [0.5, 0.6) is 5.75 Å². The molecule has 0 radical (unpaired) electrons. The van der Waals surface area contributed by atoms with Gasteiger partial charge in [0, 0.05) is 79.1 Å². The number of carbonyl (C=O) groups excluding carboxylic acids is 3. The second kappa shape index (κ2) is 15.9. The zero-order chi connectivity index (χ0) is 37.8. The van der Waals surface area contributed by atoms with Gasteiger partial charge in [0.25, 0.3) is 0 Å². The molecule has 1 unspecified atom stereocenters. The Morgan fingerprint density at radius 3 is 2.52 bits per heavy atom. The van der Waals surface area contributed by atoms with Crippen molar-refractivity contribution in [3.63, 3.8) is 0 Å². The van der Waals surface area contributed by atoms with Crippen molar-refractivity contribution < 1.29 is 27.9 Å². The fourth-order valence-electron chi connectivity index (χ4n) is 7.27.